The van der Waals surface area contributed by atoms with Gasteiger partial charge in [0.2, 0.25) is 5.91 Å². The lowest BCUT2D eigenvalue weighted by atomic mass is 9.98. The molecule has 8 N–H and O–H groups in total. The third-order valence-corrected chi connectivity index (χ3v) is 11.9. The number of carbonyl (C=O) groups is 1. The largest absolute Gasteiger partial charge is 0.394 e. The van der Waals surface area contributed by atoms with Crippen LogP contribution in [0.2, 0.25) is 0 Å². The average Bonchev–Trinajstić information content (AvgIpc) is 3.26. The van der Waals surface area contributed by atoms with Gasteiger partial charge in [-0.05, 0) is 77.0 Å². The van der Waals surface area contributed by atoms with E-state index in [0.29, 0.717) is 19.3 Å². The molecule has 11 nitrogen and oxygen atoms in total. The summed E-state index contributed by atoms with van der Waals surface area (Å²) in [4.78, 5) is 13.1. The Morgan fingerprint density at radius 3 is 1.46 bits per heavy atom. The highest BCUT2D eigenvalue weighted by molar-refractivity contribution is 5.80. The molecule has 1 saturated heterocycles. The van der Waals surface area contributed by atoms with Gasteiger partial charge < -0.3 is 50.5 Å². The number of aliphatic hydroxyl groups excluding tert-OH is 7. The zero-order valence-electron chi connectivity index (χ0n) is 38.6. The van der Waals surface area contributed by atoms with Gasteiger partial charge in [-0.15, -0.1) is 0 Å². The van der Waals surface area contributed by atoms with Crippen LogP contribution in [0.15, 0.2) is 36.5 Å². The predicted octanol–water partition coefficient (Wildman–Crippen LogP) is 8.78. The van der Waals surface area contributed by atoms with Crippen molar-refractivity contribution in [1.29, 1.82) is 0 Å². The molecular weight excluding hydrogens is 775 g/mol. The van der Waals surface area contributed by atoms with Crippen LogP contribution in [0.4, 0.5) is 0 Å². The number of rotatable bonds is 41. The van der Waals surface area contributed by atoms with Crippen molar-refractivity contribution in [3.63, 3.8) is 0 Å². The standard InChI is InChI=1S/C50H93NO10/c1-3-5-7-9-11-13-15-17-19-21-22-24-25-27-29-31-33-35-37-42(53)45(55)41(40-60-50-48(58)47(57)46(56)44(39-52)61-50)51-49(59)43(54)38-36-34-32-30-28-26-23-20-18-16-14-12-10-8-6-4-2/h18,20,22,24,29,31,41-48,50,52-58H,3-17,19,21,23,25-28,30,32-40H2,1-2H3,(H,51,59)/b20-18-,24-22+,31-29+. The fraction of sp³-hybridized carbons (Fsp3) is 0.860. The fourth-order valence-electron chi connectivity index (χ4n) is 7.74. The first-order valence-electron chi connectivity index (χ1n) is 24.9. The minimum absolute atomic E-state index is 0.243. The maximum Gasteiger partial charge on any atom is 0.249 e. The van der Waals surface area contributed by atoms with Crippen molar-refractivity contribution in [2.24, 2.45) is 0 Å². The van der Waals surface area contributed by atoms with Crippen LogP contribution in [0.5, 0.6) is 0 Å². The molecule has 1 fully saturated rings. The van der Waals surface area contributed by atoms with E-state index in [0.717, 1.165) is 57.8 Å². The van der Waals surface area contributed by atoms with Gasteiger partial charge in [0, 0.05) is 0 Å². The van der Waals surface area contributed by atoms with Crippen LogP contribution < -0.4 is 5.32 Å². The summed E-state index contributed by atoms with van der Waals surface area (Å²) < 4.78 is 11.1. The van der Waals surface area contributed by atoms with Gasteiger partial charge in [-0.3, -0.25) is 4.79 Å². The summed E-state index contributed by atoms with van der Waals surface area (Å²) in [5.74, 6) is -0.716. The van der Waals surface area contributed by atoms with E-state index < -0.39 is 74.2 Å². The molecule has 0 aromatic rings. The van der Waals surface area contributed by atoms with Crippen molar-refractivity contribution in [1.82, 2.24) is 5.32 Å². The summed E-state index contributed by atoms with van der Waals surface area (Å²) >= 11 is 0. The number of aliphatic hydroxyl groups is 7. The fourth-order valence-corrected chi connectivity index (χ4v) is 7.74. The van der Waals surface area contributed by atoms with E-state index in [9.17, 15) is 40.5 Å². The van der Waals surface area contributed by atoms with E-state index in [1.165, 1.54) is 103 Å². The lowest BCUT2D eigenvalue weighted by Crippen LogP contribution is -2.60. The van der Waals surface area contributed by atoms with Crippen molar-refractivity contribution in [3.05, 3.63) is 36.5 Å². The molecule has 1 aliphatic heterocycles. The maximum atomic E-state index is 13.1. The number of unbranched alkanes of at least 4 members (excludes halogenated alkanes) is 23. The molecule has 1 amide bonds. The van der Waals surface area contributed by atoms with Crippen molar-refractivity contribution in [2.45, 2.75) is 262 Å². The van der Waals surface area contributed by atoms with Gasteiger partial charge >= 0.3 is 0 Å². The highest BCUT2D eigenvalue weighted by Crippen LogP contribution is 2.23. The molecule has 0 aromatic carbocycles. The Labute approximate surface area is 371 Å². The minimum Gasteiger partial charge on any atom is -0.394 e. The SMILES string of the molecule is CCCCCCCC/C=C\CCCCCCCCC(O)C(=O)NC(COC1OC(CO)C(O)C(O)C1O)C(O)C(O)CCC/C=C/CC/C=C/CCCCCCCCCCC. The molecule has 1 rings (SSSR count). The number of amides is 1. The smallest absolute Gasteiger partial charge is 0.249 e. The summed E-state index contributed by atoms with van der Waals surface area (Å²) in [6.07, 6.45) is 34.7. The molecule has 358 valence electrons. The van der Waals surface area contributed by atoms with Crippen molar-refractivity contribution >= 4 is 5.91 Å². The molecule has 1 heterocycles. The highest BCUT2D eigenvalue weighted by atomic mass is 16.7. The monoisotopic (exact) mass is 868 g/mol. The molecule has 0 aliphatic carbocycles. The number of nitrogens with one attached hydrogen (secondary N) is 1. The normalized spacial score (nSPS) is 21.8. The molecule has 0 saturated carbocycles. The van der Waals surface area contributed by atoms with Crippen LogP contribution in [0.1, 0.15) is 206 Å². The Hall–Kier alpha value is -1.67. The average molecular weight is 868 g/mol. The Morgan fingerprint density at radius 1 is 0.557 bits per heavy atom. The van der Waals surface area contributed by atoms with E-state index in [1.807, 2.05) is 0 Å². The summed E-state index contributed by atoms with van der Waals surface area (Å²) in [5, 5.41) is 75.7. The van der Waals surface area contributed by atoms with E-state index in [2.05, 4.69) is 55.6 Å². The van der Waals surface area contributed by atoms with Crippen LogP contribution in [0, 0.1) is 0 Å². The second-order valence-corrected chi connectivity index (χ2v) is 17.5. The number of carbonyl (C=O) groups excluding carboxylic acids is 1. The molecule has 9 atom stereocenters. The quantitative estimate of drug-likeness (QED) is 0.0218. The Morgan fingerprint density at radius 2 is 0.984 bits per heavy atom. The van der Waals surface area contributed by atoms with Crippen molar-refractivity contribution < 1.29 is 50.0 Å². The lowest BCUT2D eigenvalue weighted by molar-refractivity contribution is -0.303. The summed E-state index contributed by atoms with van der Waals surface area (Å²) in [7, 11) is 0. The molecule has 0 radical (unpaired) electrons. The summed E-state index contributed by atoms with van der Waals surface area (Å²) in [6.45, 7) is 3.41. The number of hydrogen-bond donors (Lipinski definition) is 8. The van der Waals surface area contributed by atoms with Gasteiger partial charge in [0.05, 0.1) is 25.4 Å². The Bertz CT molecular complexity index is 1090. The zero-order chi connectivity index (χ0) is 44.8. The van der Waals surface area contributed by atoms with E-state index in [-0.39, 0.29) is 12.8 Å². The highest BCUT2D eigenvalue weighted by Gasteiger charge is 2.44. The van der Waals surface area contributed by atoms with E-state index >= 15 is 0 Å². The number of allylic oxidation sites excluding steroid dienone is 6. The summed E-state index contributed by atoms with van der Waals surface area (Å²) in [6, 6.07) is -1.19. The van der Waals surface area contributed by atoms with Crippen LogP contribution in [-0.2, 0) is 14.3 Å². The second-order valence-electron chi connectivity index (χ2n) is 17.5. The number of hydrogen-bond acceptors (Lipinski definition) is 10. The van der Waals surface area contributed by atoms with Gasteiger partial charge in [0.1, 0.15) is 36.6 Å². The first-order chi connectivity index (χ1) is 29.7. The molecule has 0 bridgehead atoms. The zero-order valence-corrected chi connectivity index (χ0v) is 38.6. The van der Waals surface area contributed by atoms with E-state index in [1.54, 1.807) is 0 Å². The van der Waals surface area contributed by atoms with Crippen molar-refractivity contribution in [2.75, 3.05) is 13.2 Å². The van der Waals surface area contributed by atoms with Gasteiger partial charge in [0.15, 0.2) is 6.29 Å². The minimum atomic E-state index is -1.67. The lowest BCUT2D eigenvalue weighted by Gasteiger charge is -2.40. The van der Waals surface area contributed by atoms with Crippen LogP contribution >= 0.6 is 0 Å². The molecule has 9 unspecified atom stereocenters. The van der Waals surface area contributed by atoms with Crippen LogP contribution in [0.25, 0.3) is 0 Å². The Balaban J connectivity index is 2.46. The van der Waals surface area contributed by atoms with E-state index in [4.69, 9.17) is 9.47 Å². The maximum absolute atomic E-state index is 13.1. The van der Waals surface area contributed by atoms with Crippen LogP contribution in [-0.4, -0.2) is 110 Å². The van der Waals surface area contributed by atoms with Gasteiger partial charge in [-0.2, -0.15) is 0 Å². The molecule has 1 aliphatic rings. The molecule has 61 heavy (non-hydrogen) atoms. The number of ether oxygens (including phenoxy) is 2. The first kappa shape index (κ1) is 57.3. The third-order valence-electron chi connectivity index (χ3n) is 11.9. The van der Waals surface area contributed by atoms with Crippen molar-refractivity contribution in [3.8, 4) is 0 Å². The van der Waals surface area contributed by atoms with Gasteiger partial charge in [-0.25, -0.2) is 0 Å². The topological polar surface area (TPSA) is 189 Å². The Kier molecular flexibility index (Phi) is 37.5. The molecule has 0 aromatic heterocycles. The molecule has 0 spiro atoms. The third kappa shape index (κ3) is 29.4. The predicted molar refractivity (Wildman–Crippen MR) is 247 cm³/mol. The van der Waals surface area contributed by atoms with Gasteiger partial charge in [0.25, 0.3) is 0 Å². The summed E-state index contributed by atoms with van der Waals surface area (Å²) in [5.41, 5.74) is 0. The molecule has 11 heteroatoms. The van der Waals surface area contributed by atoms with Crippen LogP contribution in [0.3, 0.4) is 0 Å². The van der Waals surface area contributed by atoms with Gasteiger partial charge in [-0.1, -0.05) is 166 Å². The first-order valence-corrected chi connectivity index (χ1v) is 24.9. The molecular formula is C50H93NO10. The second kappa shape index (κ2) is 39.9.